The first kappa shape index (κ1) is 17.6. The molecule has 0 spiro atoms. The lowest BCUT2D eigenvalue weighted by Gasteiger charge is -2.57. The summed E-state index contributed by atoms with van der Waals surface area (Å²) < 4.78 is 4.48. The summed E-state index contributed by atoms with van der Waals surface area (Å²) in [6.45, 7) is 7.08. The fraction of sp³-hybridized carbons (Fsp3) is 0.850. The van der Waals surface area contributed by atoms with Crippen molar-refractivity contribution in [1.82, 2.24) is 0 Å². The van der Waals surface area contributed by atoms with Gasteiger partial charge in [-0.3, -0.25) is 9.59 Å². The van der Waals surface area contributed by atoms with Gasteiger partial charge in [-0.2, -0.15) is 0 Å². The van der Waals surface area contributed by atoms with Crippen molar-refractivity contribution >= 4 is 18.7 Å². The van der Waals surface area contributed by atoms with Crippen LogP contribution in [0.3, 0.4) is 0 Å². The van der Waals surface area contributed by atoms with Crippen molar-refractivity contribution in [2.75, 3.05) is 0 Å². The molecule has 0 saturated heterocycles. The second-order valence-electron chi connectivity index (χ2n) is 8.95. The van der Waals surface area contributed by atoms with Crippen LogP contribution in [-0.2, 0) is 19.1 Å². The van der Waals surface area contributed by atoms with E-state index in [0.717, 1.165) is 31.5 Å². The first-order chi connectivity index (χ1) is 11.4. The molecule has 0 aromatic rings. The summed E-state index contributed by atoms with van der Waals surface area (Å²) in [6.07, 6.45) is 8.11. The number of hydrogen-bond donors (Lipinski definition) is 0. The molecule has 4 heteroatoms. The van der Waals surface area contributed by atoms with Gasteiger partial charge in [0.2, 0.25) is 0 Å². The van der Waals surface area contributed by atoms with Crippen LogP contribution in [0.25, 0.3) is 0 Å². The van der Waals surface area contributed by atoms with Gasteiger partial charge in [0.15, 0.2) is 0 Å². The second kappa shape index (κ2) is 6.27. The van der Waals surface area contributed by atoms with E-state index >= 15 is 0 Å². The van der Waals surface area contributed by atoms with Gasteiger partial charge in [0.25, 0.3) is 0 Å². The number of carbonyl (C=O) groups excluding carboxylic acids is 3. The van der Waals surface area contributed by atoms with Gasteiger partial charge in [-0.15, -0.1) is 0 Å². The third-order valence-corrected chi connectivity index (χ3v) is 8.28. The highest BCUT2D eigenvalue weighted by atomic mass is 16.6. The quantitative estimate of drug-likeness (QED) is 0.446. The minimum absolute atomic E-state index is 0.00752. The normalized spacial score (nSPS) is 47.4. The molecule has 3 saturated carbocycles. The lowest BCUT2D eigenvalue weighted by atomic mass is 9.47. The van der Waals surface area contributed by atoms with E-state index in [-0.39, 0.29) is 18.8 Å². The molecule has 0 N–H and O–H groups in total. The highest BCUT2D eigenvalue weighted by Crippen LogP contribution is 2.65. The Morgan fingerprint density at radius 3 is 2.50 bits per heavy atom. The number of ether oxygens (including phenoxy) is 1. The second-order valence-corrected chi connectivity index (χ2v) is 8.95. The van der Waals surface area contributed by atoms with Crippen LogP contribution in [0.1, 0.15) is 65.7 Å². The number of aldehydes is 1. The van der Waals surface area contributed by atoms with Crippen LogP contribution < -0.4 is 0 Å². The lowest BCUT2D eigenvalue weighted by Crippen LogP contribution is -2.52. The van der Waals surface area contributed by atoms with Gasteiger partial charge in [0.1, 0.15) is 6.29 Å². The first-order valence-corrected chi connectivity index (χ1v) is 9.46. The topological polar surface area (TPSA) is 60.4 Å². The van der Waals surface area contributed by atoms with Crippen molar-refractivity contribution in [3.05, 3.63) is 0 Å². The van der Waals surface area contributed by atoms with E-state index in [1.54, 1.807) is 0 Å². The van der Waals surface area contributed by atoms with E-state index in [4.69, 9.17) is 0 Å². The molecule has 0 aliphatic heterocycles. The fourth-order valence-corrected chi connectivity index (χ4v) is 6.54. The molecule has 0 heterocycles. The van der Waals surface area contributed by atoms with Gasteiger partial charge in [0, 0.05) is 11.8 Å². The molecular formula is C20H30O4. The molecule has 3 aliphatic rings. The summed E-state index contributed by atoms with van der Waals surface area (Å²) >= 11 is 0. The molecule has 0 aromatic heterocycles. The molecule has 3 aliphatic carbocycles. The Morgan fingerprint density at radius 1 is 1.08 bits per heavy atom. The minimum Gasteiger partial charge on any atom is -0.395 e. The van der Waals surface area contributed by atoms with E-state index in [1.807, 2.05) is 6.92 Å². The van der Waals surface area contributed by atoms with Crippen LogP contribution in [0.2, 0.25) is 0 Å². The van der Waals surface area contributed by atoms with Crippen LogP contribution in [0.4, 0.5) is 0 Å². The highest BCUT2D eigenvalue weighted by molar-refractivity contribution is 5.77. The summed E-state index contributed by atoms with van der Waals surface area (Å²) in [5, 5.41) is 0. The Bertz CT molecular complexity index is 530. The van der Waals surface area contributed by atoms with E-state index < -0.39 is 11.4 Å². The molecule has 0 amide bonds. The predicted molar refractivity (Wildman–Crippen MR) is 89.9 cm³/mol. The Labute approximate surface area is 144 Å². The van der Waals surface area contributed by atoms with Gasteiger partial charge in [-0.25, -0.2) is 0 Å². The molecule has 3 rings (SSSR count). The van der Waals surface area contributed by atoms with Crippen molar-refractivity contribution in [2.24, 2.45) is 40.4 Å². The van der Waals surface area contributed by atoms with Gasteiger partial charge >= 0.3 is 12.4 Å². The minimum atomic E-state index is -0.503. The van der Waals surface area contributed by atoms with Crippen molar-refractivity contribution in [2.45, 2.75) is 65.7 Å². The third-order valence-electron chi connectivity index (χ3n) is 8.28. The molecule has 4 nitrogen and oxygen atoms in total. The van der Waals surface area contributed by atoms with E-state index in [2.05, 4.69) is 18.6 Å². The third kappa shape index (κ3) is 2.53. The molecule has 4 unspecified atom stereocenters. The van der Waals surface area contributed by atoms with E-state index in [0.29, 0.717) is 23.2 Å². The van der Waals surface area contributed by atoms with Gasteiger partial charge in [0.05, 0.1) is 0 Å². The van der Waals surface area contributed by atoms with Gasteiger partial charge in [-0.1, -0.05) is 20.8 Å². The average Bonchev–Trinajstić information content (AvgIpc) is 2.86. The zero-order valence-electron chi connectivity index (χ0n) is 15.1. The van der Waals surface area contributed by atoms with E-state index in [1.165, 1.54) is 19.3 Å². The monoisotopic (exact) mass is 334 g/mol. The standard InChI is InChI=1S/C20H30O4/c1-13-4-7-16-15-6-5-14(10-18(23)24-12-22)20(3,11-21)17(15)8-9-19(13,16)2/h11-17H,4-10H2,1-3H3/t13-,14+,15?,16?,17?,19?,20+/m1/s1. The zero-order valence-corrected chi connectivity index (χ0v) is 15.1. The van der Waals surface area contributed by atoms with Gasteiger partial charge < -0.3 is 9.53 Å². The molecule has 0 radical (unpaired) electrons. The van der Waals surface area contributed by atoms with Crippen molar-refractivity contribution < 1.29 is 19.1 Å². The van der Waals surface area contributed by atoms with Crippen LogP contribution in [-0.4, -0.2) is 18.7 Å². The van der Waals surface area contributed by atoms with Crippen molar-refractivity contribution in [3.63, 3.8) is 0 Å². The Balaban J connectivity index is 1.83. The maximum Gasteiger partial charge on any atom is 0.313 e. The Hall–Kier alpha value is -1.19. The number of carbonyl (C=O) groups is 3. The van der Waals surface area contributed by atoms with E-state index in [9.17, 15) is 14.4 Å². The summed E-state index contributed by atoms with van der Waals surface area (Å²) in [7, 11) is 0. The SMILES string of the molecule is C[C@@H]1CCC2C3CC[C@@H](CC(=O)OC=O)[C@](C)(C=O)C3CCC21C. The maximum atomic E-state index is 12.1. The average molecular weight is 334 g/mol. The van der Waals surface area contributed by atoms with Crippen molar-refractivity contribution in [1.29, 1.82) is 0 Å². The van der Waals surface area contributed by atoms with Crippen LogP contribution in [0.5, 0.6) is 0 Å². The first-order valence-electron chi connectivity index (χ1n) is 9.46. The van der Waals surface area contributed by atoms with Gasteiger partial charge in [-0.05, 0) is 73.5 Å². The summed E-state index contributed by atoms with van der Waals surface area (Å²) in [4.78, 5) is 34.3. The predicted octanol–water partition coefficient (Wildman–Crippen LogP) is 3.77. The summed E-state index contributed by atoms with van der Waals surface area (Å²) in [6, 6.07) is 0. The number of esters is 1. The summed E-state index contributed by atoms with van der Waals surface area (Å²) in [5.74, 6) is 1.94. The molecule has 0 aromatic carbocycles. The van der Waals surface area contributed by atoms with Crippen LogP contribution >= 0.6 is 0 Å². The number of fused-ring (bicyclic) bond motifs is 3. The molecule has 3 fully saturated rings. The Morgan fingerprint density at radius 2 is 1.83 bits per heavy atom. The van der Waals surface area contributed by atoms with Crippen LogP contribution in [0, 0.1) is 40.4 Å². The molecule has 24 heavy (non-hydrogen) atoms. The molecule has 7 atom stereocenters. The fourth-order valence-electron chi connectivity index (χ4n) is 6.54. The van der Waals surface area contributed by atoms with Crippen LogP contribution in [0.15, 0.2) is 0 Å². The summed E-state index contributed by atoms with van der Waals surface area (Å²) in [5.41, 5.74) is -0.0494. The largest absolute Gasteiger partial charge is 0.395 e. The number of rotatable bonds is 4. The maximum absolute atomic E-state index is 12.1. The molecule has 0 bridgehead atoms. The Kier molecular flexibility index (Phi) is 4.61. The molecular weight excluding hydrogens is 304 g/mol. The van der Waals surface area contributed by atoms with Crippen molar-refractivity contribution in [3.8, 4) is 0 Å². The molecule has 134 valence electrons. The highest BCUT2D eigenvalue weighted by Gasteiger charge is 2.58. The smallest absolute Gasteiger partial charge is 0.313 e. The zero-order chi connectivity index (χ0) is 17.5. The number of hydrogen-bond acceptors (Lipinski definition) is 4. The lowest BCUT2D eigenvalue weighted by molar-refractivity contribution is -0.156.